The second-order valence-electron chi connectivity index (χ2n) is 2.98. The summed E-state index contributed by atoms with van der Waals surface area (Å²) >= 11 is 0. The number of hydrogen-bond donors (Lipinski definition) is 1. The van der Waals surface area contributed by atoms with Crippen LogP contribution in [-0.2, 0) is 0 Å². The first-order valence-corrected chi connectivity index (χ1v) is 3.94. The van der Waals surface area contributed by atoms with Crippen LogP contribution in [0, 0.1) is 0 Å². The second-order valence-corrected chi connectivity index (χ2v) is 2.98. The van der Waals surface area contributed by atoms with Crippen molar-refractivity contribution >= 4 is 0 Å². The monoisotopic (exact) mass is 143 g/mol. The summed E-state index contributed by atoms with van der Waals surface area (Å²) in [4.78, 5) is 4.72. The van der Waals surface area contributed by atoms with Gasteiger partial charge >= 0.3 is 0 Å². The third-order valence-corrected chi connectivity index (χ3v) is 1.90. The first kappa shape index (κ1) is 7.98. The van der Waals surface area contributed by atoms with E-state index >= 15 is 0 Å². The van der Waals surface area contributed by atoms with Crippen molar-refractivity contribution < 1.29 is 0 Å². The highest BCUT2D eigenvalue weighted by Crippen LogP contribution is 2.01. The molecule has 1 saturated heterocycles. The van der Waals surface area contributed by atoms with Gasteiger partial charge in [-0.15, -0.1) is 0 Å². The fourth-order valence-electron chi connectivity index (χ4n) is 1.41. The molecule has 0 spiro atoms. The van der Waals surface area contributed by atoms with Gasteiger partial charge in [0.05, 0.1) is 6.67 Å². The highest BCUT2D eigenvalue weighted by molar-refractivity contribution is 4.65. The molecule has 1 heterocycles. The molecule has 0 aromatic heterocycles. The van der Waals surface area contributed by atoms with Gasteiger partial charge in [0.1, 0.15) is 0 Å². The van der Waals surface area contributed by atoms with Crippen LogP contribution in [0.1, 0.15) is 6.42 Å². The summed E-state index contributed by atoms with van der Waals surface area (Å²) in [5.74, 6) is 0. The average Bonchev–Trinajstić information content (AvgIpc) is 1.88. The molecule has 10 heavy (non-hydrogen) atoms. The Kier molecular flexibility index (Phi) is 3.12. The summed E-state index contributed by atoms with van der Waals surface area (Å²) in [5.41, 5.74) is 5.44. The van der Waals surface area contributed by atoms with Gasteiger partial charge in [0.2, 0.25) is 0 Å². The van der Waals surface area contributed by atoms with Crippen molar-refractivity contribution in [2.24, 2.45) is 5.73 Å². The van der Waals surface area contributed by atoms with Crippen LogP contribution in [0.5, 0.6) is 0 Å². The van der Waals surface area contributed by atoms with Crippen LogP contribution in [0.3, 0.4) is 0 Å². The van der Waals surface area contributed by atoms with Crippen molar-refractivity contribution in [3.63, 3.8) is 0 Å². The molecule has 1 aliphatic rings. The van der Waals surface area contributed by atoms with Gasteiger partial charge in [-0.05, 0) is 13.5 Å². The Morgan fingerprint density at radius 3 is 2.80 bits per heavy atom. The summed E-state index contributed by atoms with van der Waals surface area (Å²) in [6.07, 6.45) is 1.29. The Balaban J connectivity index is 2.18. The van der Waals surface area contributed by atoms with Crippen LogP contribution in [-0.4, -0.2) is 49.7 Å². The zero-order valence-electron chi connectivity index (χ0n) is 6.71. The SMILES string of the molecule is CN1CCCN(CCN)C1. The van der Waals surface area contributed by atoms with E-state index in [-0.39, 0.29) is 0 Å². The summed E-state index contributed by atoms with van der Waals surface area (Å²) in [6, 6.07) is 0. The largest absolute Gasteiger partial charge is 0.329 e. The van der Waals surface area contributed by atoms with E-state index in [0.717, 1.165) is 19.8 Å². The van der Waals surface area contributed by atoms with Crippen LogP contribution < -0.4 is 5.73 Å². The van der Waals surface area contributed by atoms with Crippen molar-refractivity contribution in [2.45, 2.75) is 6.42 Å². The van der Waals surface area contributed by atoms with Gasteiger partial charge in [0.15, 0.2) is 0 Å². The lowest BCUT2D eigenvalue weighted by Gasteiger charge is -2.32. The van der Waals surface area contributed by atoms with E-state index < -0.39 is 0 Å². The Bertz CT molecular complexity index is 92.9. The first-order valence-electron chi connectivity index (χ1n) is 3.94. The molecule has 0 radical (unpaired) electrons. The van der Waals surface area contributed by atoms with Gasteiger partial charge < -0.3 is 5.73 Å². The lowest BCUT2D eigenvalue weighted by Crippen LogP contribution is -2.44. The molecule has 0 aromatic carbocycles. The maximum atomic E-state index is 5.44. The predicted molar refractivity (Wildman–Crippen MR) is 42.7 cm³/mol. The average molecular weight is 143 g/mol. The number of rotatable bonds is 2. The Morgan fingerprint density at radius 2 is 2.20 bits per heavy atom. The van der Waals surface area contributed by atoms with E-state index in [1.165, 1.54) is 19.5 Å². The third kappa shape index (κ3) is 2.25. The van der Waals surface area contributed by atoms with Gasteiger partial charge in [0.25, 0.3) is 0 Å². The lowest BCUT2D eigenvalue weighted by atomic mass is 10.3. The van der Waals surface area contributed by atoms with Crippen LogP contribution in [0.25, 0.3) is 0 Å². The molecule has 1 fully saturated rings. The van der Waals surface area contributed by atoms with Gasteiger partial charge in [-0.1, -0.05) is 0 Å². The number of hydrogen-bond acceptors (Lipinski definition) is 3. The Labute approximate surface area is 62.8 Å². The molecule has 0 aromatic rings. The van der Waals surface area contributed by atoms with Crippen molar-refractivity contribution in [1.29, 1.82) is 0 Å². The summed E-state index contributed by atoms with van der Waals surface area (Å²) in [7, 11) is 2.16. The first-order chi connectivity index (χ1) is 4.83. The van der Waals surface area contributed by atoms with E-state index in [9.17, 15) is 0 Å². The topological polar surface area (TPSA) is 32.5 Å². The van der Waals surface area contributed by atoms with Crippen molar-refractivity contribution in [1.82, 2.24) is 9.80 Å². The Hall–Kier alpha value is -0.120. The normalized spacial score (nSPS) is 23.4. The van der Waals surface area contributed by atoms with Gasteiger partial charge in [-0.3, -0.25) is 9.80 Å². The zero-order chi connectivity index (χ0) is 7.40. The van der Waals surface area contributed by atoms with E-state index in [4.69, 9.17) is 5.73 Å². The fraction of sp³-hybridized carbons (Fsp3) is 1.00. The van der Waals surface area contributed by atoms with Crippen LogP contribution in [0.2, 0.25) is 0 Å². The molecule has 1 rings (SSSR count). The van der Waals surface area contributed by atoms with Crippen LogP contribution in [0.4, 0.5) is 0 Å². The zero-order valence-corrected chi connectivity index (χ0v) is 6.71. The van der Waals surface area contributed by atoms with Crippen molar-refractivity contribution in [3.8, 4) is 0 Å². The van der Waals surface area contributed by atoms with E-state index in [0.29, 0.717) is 0 Å². The van der Waals surface area contributed by atoms with Gasteiger partial charge in [0, 0.05) is 26.2 Å². The smallest absolute Gasteiger partial charge is 0.0503 e. The van der Waals surface area contributed by atoms with Gasteiger partial charge in [-0.2, -0.15) is 0 Å². The molecule has 2 N–H and O–H groups in total. The molecule has 60 valence electrons. The highest BCUT2D eigenvalue weighted by atomic mass is 15.3. The van der Waals surface area contributed by atoms with E-state index in [2.05, 4.69) is 16.8 Å². The molecule has 3 heteroatoms. The molecular weight excluding hydrogens is 126 g/mol. The molecule has 1 aliphatic heterocycles. The summed E-state index contributed by atoms with van der Waals surface area (Å²) in [6.45, 7) is 5.39. The molecule has 0 atom stereocenters. The maximum absolute atomic E-state index is 5.44. The lowest BCUT2D eigenvalue weighted by molar-refractivity contribution is 0.111. The third-order valence-electron chi connectivity index (χ3n) is 1.90. The highest BCUT2D eigenvalue weighted by Gasteiger charge is 2.11. The maximum Gasteiger partial charge on any atom is 0.0503 e. The molecule has 0 amide bonds. The number of nitrogens with zero attached hydrogens (tertiary/aromatic N) is 2. The quantitative estimate of drug-likeness (QED) is 0.568. The van der Waals surface area contributed by atoms with E-state index in [1.807, 2.05) is 0 Å². The van der Waals surface area contributed by atoms with Crippen molar-refractivity contribution in [2.75, 3.05) is 39.9 Å². The molecule has 3 nitrogen and oxygen atoms in total. The molecule has 0 bridgehead atoms. The van der Waals surface area contributed by atoms with Crippen LogP contribution in [0.15, 0.2) is 0 Å². The Morgan fingerprint density at radius 1 is 1.40 bits per heavy atom. The minimum atomic E-state index is 0.786. The fourth-order valence-corrected chi connectivity index (χ4v) is 1.41. The molecule has 0 saturated carbocycles. The van der Waals surface area contributed by atoms with Crippen molar-refractivity contribution in [3.05, 3.63) is 0 Å². The molecular formula is C7H17N3. The molecule has 0 aliphatic carbocycles. The van der Waals surface area contributed by atoms with Gasteiger partial charge in [-0.25, -0.2) is 0 Å². The predicted octanol–water partition coefficient (Wildman–Crippen LogP) is -0.460. The minimum absolute atomic E-state index is 0.786. The second kappa shape index (κ2) is 3.91. The summed E-state index contributed by atoms with van der Waals surface area (Å²) in [5, 5.41) is 0. The number of nitrogens with two attached hydrogens (primary N) is 1. The van der Waals surface area contributed by atoms with E-state index in [1.54, 1.807) is 0 Å². The standard InChI is InChI=1S/C7H17N3/c1-9-4-2-5-10(7-9)6-3-8/h2-8H2,1H3. The van der Waals surface area contributed by atoms with Crippen LogP contribution >= 0.6 is 0 Å². The summed E-state index contributed by atoms with van der Waals surface area (Å²) < 4.78 is 0. The molecule has 0 unspecified atom stereocenters. The minimum Gasteiger partial charge on any atom is -0.329 e.